The van der Waals surface area contributed by atoms with E-state index in [-0.39, 0.29) is 23.6 Å². The molecule has 0 saturated carbocycles. The van der Waals surface area contributed by atoms with E-state index in [1.807, 2.05) is 42.7 Å². The van der Waals surface area contributed by atoms with E-state index in [9.17, 15) is 9.59 Å². The van der Waals surface area contributed by atoms with Crippen LogP contribution in [0.1, 0.15) is 55.0 Å². The van der Waals surface area contributed by atoms with Crippen molar-refractivity contribution in [1.82, 2.24) is 20.1 Å². The van der Waals surface area contributed by atoms with Gasteiger partial charge in [0.15, 0.2) is 11.0 Å². The fourth-order valence-corrected chi connectivity index (χ4v) is 4.60. The molecule has 0 spiro atoms. The van der Waals surface area contributed by atoms with Gasteiger partial charge in [0.2, 0.25) is 5.91 Å². The van der Waals surface area contributed by atoms with Gasteiger partial charge in [-0.2, -0.15) is 0 Å². The van der Waals surface area contributed by atoms with Crippen molar-refractivity contribution >= 4 is 40.9 Å². The summed E-state index contributed by atoms with van der Waals surface area (Å²) in [6.45, 7) is 8.74. The third-order valence-corrected chi connectivity index (χ3v) is 6.55. The molecule has 180 valence electrons. The molecule has 3 aromatic rings. The van der Waals surface area contributed by atoms with Gasteiger partial charge in [0, 0.05) is 12.2 Å². The molecular weight excluding hydrogens is 470 g/mol. The second-order valence-electron chi connectivity index (χ2n) is 8.37. The van der Waals surface area contributed by atoms with E-state index >= 15 is 0 Å². The number of benzene rings is 2. The number of thioether (sulfide) groups is 1. The van der Waals surface area contributed by atoms with E-state index in [0.717, 1.165) is 11.3 Å². The lowest BCUT2D eigenvalue weighted by atomic mass is 10.0. The highest BCUT2D eigenvalue weighted by Crippen LogP contribution is 2.26. The first-order chi connectivity index (χ1) is 16.3. The van der Waals surface area contributed by atoms with E-state index in [1.165, 1.54) is 11.8 Å². The van der Waals surface area contributed by atoms with E-state index in [4.69, 9.17) is 11.6 Å². The lowest BCUT2D eigenvalue weighted by Crippen LogP contribution is -2.31. The Hall–Kier alpha value is -2.84. The summed E-state index contributed by atoms with van der Waals surface area (Å²) in [5, 5.41) is 15.8. The number of halogens is 1. The van der Waals surface area contributed by atoms with Crippen molar-refractivity contribution in [2.75, 3.05) is 11.1 Å². The monoisotopic (exact) mass is 499 g/mol. The van der Waals surface area contributed by atoms with E-state index in [0.29, 0.717) is 40.5 Å². The molecule has 2 N–H and O–H groups in total. The van der Waals surface area contributed by atoms with Crippen LogP contribution in [0.2, 0.25) is 5.02 Å². The van der Waals surface area contributed by atoms with Gasteiger partial charge in [0.1, 0.15) is 0 Å². The van der Waals surface area contributed by atoms with Crippen LogP contribution in [0.3, 0.4) is 0 Å². The predicted octanol–water partition coefficient (Wildman–Crippen LogP) is 5.51. The number of para-hydroxylation sites is 1. The van der Waals surface area contributed by atoms with Crippen LogP contribution in [-0.2, 0) is 11.3 Å². The van der Waals surface area contributed by atoms with E-state index < -0.39 is 0 Å². The second-order valence-corrected chi connectivity index (χ2v) is 9.72. The maximum absolute atomic E-state index is 12.9. The largest absolute Gasteiger partial charge is 0.342 e. The first kappa shape index (κ1) is 25.8. The second kappa shape index (κ2) is 12.0. The normalized spacial score (nSPS) is 11.9. The number of hydrogen-bond acceptors (Lipinski definition) is 5. The lowest BCUT2D eigenvalue weighted by molar-refractivity contribution is -0.113. The Kier molecular flexibility index (Phi) is 9.12. The van der Waals surface area contributed by atoms with Crippen LogP contribution in [0.15, 0.2) is 53.7 Å². The molecule has 9 heteroatoms. The van der Waals surface area contributed by atoms with Crippen LogP contribution in [0.4, 0.5) is 5.69 Å². The highest BCUT2D eigenvalue weighted by Gasteiger charge is 2.25. The van der Waals surface area contributed by atoms with Crippen molar-refractivity contribution in [3.63, 3.8) is 0 Å². The number of nitrogens with one attached hydrogen (secondary N) is 2. The van der Waals surface area contributed by atoms with Crippen LogP contribution in [0.25, 0.3) is 0 Å². The maximum Gasteiger partial charge on any atom is 0.253 e. The quantitative estimate of drug-likeness (QED) is 0.359. The van der Waals surface area contributed by atoms with E-state index in [2.05, 4.69) is 34.7 Å². The summed E-state index contributed by atoms with van der Waals surface area (Å²) in [6, 6.07) is 14.3. The molecule has 34 heavy (non-hydrogen) atoms. The highest BCUT2D eigenvalue weighted by molar-refractivity contribution is 7.99. The maximum atomic E-state index is 12.9. The number of carbonyl (C=O) groups excluding carboxylic acids is 2. The zero-order valence-corrected chi connectivity index (χ0v) is 21.4. The molecule has 0 radical (unpaired) electrons. The smallest absolute Gasteiger partial charge is 0.253 e. The van der Waals surface area contributed by atoms with Gasteiger partial charge >= 0.3 is 0 Å². The van der Waals surface area contributed by atoms with Gasteiger partial charge in [-0.3, -0.25) is 9.59 Å². The predicted molar refractivity (Wildman–Crippen MR) is 137 cm³/mol. The van der Waals surface area contributed by atoms with Crippen molar-refractivity contribution in [3.8, 4) is 0 Å². The lowest BCUT2D eigenvalue weighted by Gasteiger charge is -2.21. The number of aryl methyl sites for hydroxylation is 1. The minimum Gasteiger partial charge on any atom is -0.342 e. The first-order valence-electron chi connectivity index (χ1n) is 11.3. The number of carbonyl (C=O) groups is 2. The van der Waals surface area contributed by atoms with Gasteiger partial charge in [-0.15, -0.1) is 10.2 Å². The number of anilines is 1. The Bertz CT molecular complexity index is 1150. The average molecular weight is 500 g/mol. The topological polar surface area (TPSA) is 88.9 Å². The van der Waals surface area contributed by atoms with Gasteiger partial charge in [0.05, 0.1) is 22.4 Å². The molecule has 0 aliphatic rings. The van der Waals surface area contributed by atoms with Gasteiger partial charge in [-0.1, -0.05) is 67.5 Å². The average Bonchev–Trinajstić information content (AvgIpc) is 3.21. The minimum atomic E-state index is -0.341. The molecule has 1 heterocycles. The van der Waals surface area contributed by atoms with Crippen LogP contribution < -0.4 is 10.6 Å². The summed E-state index contributed by atoms with van der Waals surface area (Å²) in [4.78, 5) is 25.4. The van der Waals surface area contributed by atoms with E-state index in [1.54, 1.807) is 24.3 Å². The Morgan fingerprint density at radius 3 is 2.47 bits per heavy atom. The van der Waals surface area contributed by atoms with Crippen molar-refractivity contribution in [2.24, 2.45) is 5.92 Å². The summed E-state index contributed by atoms with van der Waals surface area (Å²) in [5.41, 5.74) is 2.22. The molecule has 0 unspecified atom stereocenters. The molecule has 3 rings (SSSR count). The van der Waals surface area contributed by atoms with Crippen molar-refractivity contribution in [2.45, 2.75) is 51.9 Å². The molecule has 0 aliphatic carbocycles. The summed E-state index contributed by atoms with van der Waals surface area (Å²) in [7, 11) is 0. The van der Waals surface area contributed by atoms with Crippen molar-refractivity contribution < 1.29 is 9.59 Å². The molecule has 2 aromatic carbocycles. The fourth-order valence-electron chi connectivity index (χ4n) is 3.57. The number of nitrogens with zero attached hydrogens (tertiary/aromatic N) is 3. The van der Waals surface area contributed by atoms with Gasteiger partial charge in [-0.25, -0.2) is 0 Å². The Balaban J connectivity index is 1.74. The summed E-state index contributed by atoms with van der Waals surface area (Å²) >= 11 is 7.54. The Morgan fingerprint density at radius 2 is 1.79 bits per heavy atom. The van der Waals surface area contributed by atoms with Crippen LogP contribution in [0.5, 0.6) is 0 Å². The summed E-state index contributed by atoms with van der Waals surface area (Å²) in [5.74, 6) is 0.812. The molecule has 1 atom stereocenters. The Morgan fingerprint density at radius 1 is 1.09 bits per heavy atom. The SMILES string of the molecule is CCn1c(SCC(=O)Nc2ccccc2C)nnc1[C@@H](CC(C)C)NC(=O)c1ccccc1Cl. The van der Waals surface area contributed by atoms with Gasteiger partial charge in [0.25, 0.3) is 5.91 Å². The van der Waals surface area contributed by atoms with Crippen LogP contribution >= 0.6 is 23.4 Å². The van der Waals surface area contributed by atoms with Gasteiger partial charge in [-0.05, 0) is 49.9 Å². The van der Waals surface area contributed by atoms with Crippen molar-refractivity contribution in [3.05, 3.63) is 70.5 Å². The zero-order chi connectivity index (χ0) is 24.7. The highest BCUT2D eigenvalue weighted by atomic mass is 35.5. The molecular formula is C25H30ClN5O2S. The molecule has 1 aromatic heterocycles. The molecule has 2 amide bonds. The zero-order valence-electron chi connectivity index (χ0n) is 19.8. The summed E-state index contributed by atoms with van der Waals surface area (Å²) < 4.78 is 1.95. The van der Waals surface area contributed by atoms with Gasteiger partial charge < -0.3 is 15.2 Å². The molecule has 0 fully saturated rings. The summed E-state index contributed by atoms with van der Waals surface area (Å²) in [6.07, 6.45) is 0.687. The molecule has 0 aliphatic heterocycles. The van der Waals surface area contributed by atoms with Crippen molar-refractivity contribution in [1.29, 1.82) is 0 Å². The molecule has 7 nitrogen and oxygen atoms in total. The minimum absolute atomic E-state index is 0.114. The standard InChI is InChI=1S/C25H30ClN5O2S/c1-5-31-23(21(14-16(2)3)28-24(33)18-11-7-8-12-19(18)26)29-30-25(31)34-15-22(32)27-20-13-9-6-10-17(20)4/h6-13,16,21H,5,14-15H2,1-4H3,(H,27,32)(H,28,33)/t21-/m1/s1. The van der Waals surface area contributed by atoms with Crippen LogP contribution in [0, 0.1) is 12.8 Å². The number of amides is 2. The Labute approximate surface area is 209 Å². The third kappa shape index (κ3) is 6.61. The first-order valence-corrected chi connectivity index (χ1v) is 12.6. The number of aromatic nitrogens is 3. The molecule has 0 bridgehead atoms. The number of rotatable bonds is 10. The number of hydrogen-bond donors (Lipinski definition) is 2. The third-order valence-electron chi connectivity index (χ3n) is 5.26. The fraction of sp³-hybridized carbons (Fsp3) is 0.360. The molecule has 0 saturated heterocycles. The van der Waals surface area contributed by atoms with Crippen LogP contribution in [-0.4, -0.2) is 32.3 Å².